The highest BCUT2D eigenvalue weighted by molar-refractivity contribution is 7.98. The summed E-state index contributed by atoms with van der Waals surface area (Å²) < 4.78 is 12.7. The van der Waals surface area contributed by atoms with Crippen molar-refractivity contribution in [2.24, 2.45) is 0 Å². The highest BCUT2D eigenvalue weighted by Crippen LogP contribution is 2.39. The molecular formula is C14H11ClN4O2S. The van der Waals surface area contributed by atoms with Gasteiger partial charge in [0.25, 0.3) is 5.78 Å². The summed E-state index contributed by atoms with van der Waals surface area (Å²) in [6.45, 7) is 1.07. The lowest BCUT2D eigenvalue weighted by Gasteiger charge is -2.20. The molecule has 6 nitrogen and oxygen atoms in total. The Labute approximate surface area is 135 Å². The van der Waals surface area contributed by atoms with Crippen LogP contribution in [0.15, 0.2) is 35.7 Å². The van der Waals surface area contributed by atoms with Gasteiger partial charge in [-0.3, -0.25) is 0 Å². The third-order valence-electron chi connectivity index (χ3n) is 3.12. The molecule has 0 bridgehead atoms. The van der Waals surface area contributed by atoms with Gasteiger partial charge in [0.2, 0.25) is 5.16 Å². The number of fused-ring (bicyclic) bond motifs is 2. The zero-order valence-corrected chi connectivity index (χ0v) is 13.0. The first-order chi connectivity index (χ1) is 10.8. The van der Waals surface area contributed by atoms with Gasteiger partial charge in [0.15, 0.2) is 11.5 Å². The molecule has 8 heteroatoms. The number of benzene rings is 1. The van der Waals surface area contributed by atoms with Crippen LogP contribution in [0, 0.1) is 0 Å². The number of thioether (sulfide) groups is 1. The maximum absolute atomic E-state index is 6.23. The van der Waals surface area contributed by atoms with E-state index in [4.69, 9.17) is 21.1 Å². The van der Waals surface area contributed by atoms with Gasteiger partial charge < -0.3 is 9.47 Å². The average Bonchev–Trinajstić information content (AvgIpc) is 2.96. The Balaban J connectivity index is 1.55. The summed E-state index contributed by atoms with van der Waals surface area (Å²) >= 11 is 7.75. The second-order valence-electron chi connectivity index (χ2n) is 4.65. The molecule has 0 fully saturated rings. The zero-order chi connectivity index (χ0) is 14.9. The predicted molar refractivity (Wildman–Crippen MR) is 82.8 cm³/mol. The smallest absolute Gasteiger partial charge is 0.253 e. The van der Waals surface area contributed by atoms with Gasteiger partial charge in [0.1, 0.15) is 13.2 Å². The Bertz CT molecular complexity index is 806. The quantitative estimate of drug-likeness (QED) is 0.686. The summed E-state index contributed by atoms with van der Waals surface area (Å²) in [5.74, 6) is 2.59. The number of nitrogens with zero attached hydrogens (tertiary/aromatic N) is 4. The minimum atomic E-state index is 0.527. The van der Waals surface area contributed by atoms with Crippen LogP contribution >= 0.6 is 23.4 Å². The van der Waals surface area contributed by atoms with Gasteiger partial charge in [-0.15, -0.1) is 5.10 Å². The molecule has 0 unspecified atom stereocenters. The van der Waals surface area contributed by atoms with Crippen LogP contribution < -0.4 is 9.47 Å². The number of hydrogen-bond donors (Lipinski definition) is 0. The van der Waals surface area contributed by atoms with E-state index in [9.17, 15) is 0 Å². The van der Waals surface area contributed by atoms with Crippen LogP contribution in [-0.4, -0.2) is 32.8 Å². The summed E-state index contributed by atoms with van der Waals surface area (Å²) in [5.41, 5.74) is 1.03. The van der Waals surface area contributed by atoms with E-state index in [2.05, 4.69) is 15.1 Å². The van der Waals surface area contributed by atoms with Crippen molar-refractivity contribution in [1.82, 2.24) is 19.6 Å². The molecule has 3 heterocycles. The minimum absolute atomic E-state index is 0.527. The lowest BCUT2D eigenvalue weighted by molar-refractivity contribution is 0.171. The Kier molecular flexibility index (Phi) is 3.51. The van der Waals surface area contributed by atoms with Gasteiger partial charge in [-0.05, 0) is 23.8 Å². The van der Waals surface area contributed by atoms with E-state index in [1.165, 1.54) is 11.8 Å². The van der Waals surface area contributed by atoms with Crippen molar-refractivity contribution in [1.29, 1.82) is 0 Å². The van der Waals surface area contributed by atoms with Crippen molar-refractivity contribution in [3.05, 3.63) is 41.2 Å². The maximum atomic E-state index is 6.23. The predicted octanol–water partition coefficient (Wildman–Crippen LogP) is 2.84. The zero-order valence-electron chi connectivity index (χ0n) is 11.4. The van der Waals surface area contributed by atoms with E-state index in [1.807, 2.05) is 24.4 Å². The molecule has 1 aliphatic heterocycles. The lowest BCUT2D eigenvalue weighted by atomic mass is 10.2. The molecule has 0 aliphatic carbocycles. The molecule has 4 rings (SSSR count). The van der Waals surface area contributed by atoms with Crippen molar-refractivity contribution in [3.8, 4) is 11.5 Å². The van der Waals surface area contributed by atoms with Crippen LogP contribution in [0.1, 0.15) is 5.56 Å². The van der Waals surface area contributed by atoms with Crippen molar-refractivity contribution < 1.29 is 9.47 Å². The molecule has 0 N–H and O–H groups in total. The summed E-state index contributed by atoms with van der Waals surface area (Å²) in [5, 5.41) is 5.59. The van der Waals surface area contributed by atoms with Crippen LogP contribution in [0.2, 0.25) is 5.02 Å². The lowest BCUT2D eigenvalue weighted by Crippen LogP contribution is -2.15. The molecule has 0 saturated carbocycles. The second kappa shape index (κ2) is 5.66. The van der Waals surface area contributed by atoms with Gasteiger partial charge in [0.05, 0.1) is 5.02 Å². The number of rotatable bonds is 3. The molecule has 22 heavy (non-hydrogen) atoms. The van der Waals surface area contributed by atoms with Crippen LogP contribution in [0.25, 0.3) is 5.78 Å². The third kappa shape index (κ3) is 2.57. The maximum Gasteiger partial charge on any atom is 0.253 e. The fourth-order valence-electron chi connectivity index (χ4n) is 2.17. The largest absolute Gasteiger partial charge is 0.486 e. The fourth-order valence-corrected chi connectivity index (χ4v) is 3.21. The number of ether oxygens (including phenoxy) is 2. The first-order valence-corrected chi connectivity index (χ1v) is 8.04. The highest BCUT2D eigenvalue weighted by atomic mass is 35.5. The minimum Gasteiger partial charge on any atom is -0.486 e. The molecule has 1 aliphatic rings. The monoisotopic (exact) mass is 334 g/mol. The first-order valence-electron chi connectivity index (χ1n) is 6.68. The molecular weight excluding hydrogens is 324 g/mol. The SMILES string of the molecule is Clc1cc(CSc2nc3ncccn3n2)cc2c1OCCO2. The summed E-state index contributed by atoms with van der Waals surface area (Å²) in [4.78, 5) is 8.50. The van der Waals surface area contributed by atoms with Crippen LogP contribution in [-0.2, 0) is 5.75 Å². The van der Waals surface area contributed by atoms with E-state index < -0.39 is 0 Å². The summed E-state index contributed by atoms with van der Waals surface area (Å²) in [6.07, 6.45) is 3.51. The molecule has 0 radical (unpaired) electrons. The average molecular weight is 335 g/mol. The number of hydrogen-bond acceptors (Lipinski definition) is 6. The molecule has 0 saturated heterocycles. The van der Waals surface area contributed by atoms with Gasteiger partial charge in [-0.1, -0.05) is 23.4 Å². The Morgan fingerprint density at radius 3 is 3.09 bits per heavy atom. The molecule has 0 atom stereocenters. The van der Waals surface area contributed by atoms with Gasteiger partial charge in [-0.25, -0.2) is 9.50 Å². The normalized spacial score (nSPS) is 13.5. The third-order valence-corrected chi connectivity index (χ3v) is 4.31. The van der Waals surface area contributed by atoms with Gasteiger partial charge in [-0.2, -0.15) is 4.98 Å². The van der Waals surface area contributed by atoms with Crippen LogP contribution in [0.5, 0.6) is 11.5 Å². The number of aromatic nitrogens is 4. The van der Waals surface area contributed by atoms with Crippen molar-refractivity contribution in [2.45, 2.75) is 10.9 Å². The van der Waals surface area contributed by atoms with Crippen molar-refractivity contribution in [2.75, 3.05) is 13.2 Å². The van der Waals surface area contributed by atoms with Crippen LogP contribution in [0.4, 0.5) is 0 Å². The van der Waals surface area contributed by atoms with E-state index in [0.717, 1.165) is 5.56 Å². The van der Waals surface area contributed by atoms with Crippen molar-refractivity contribution >= 4 is 29.1 Å². The molecule has 3 aromatic rings. The fraction of sp³-hybridized carbons (Fsp3) is 0.214. The van der Waals surface area contributed by atoms with E-state index in [1.54, 1.807) is 10.7 Å². The molecule has 0 amide bonds. The molecule has 2 aromatic heterocycles. The Morgan fingerprint density at radius 2 is 2.18 bits per heavy atom. The second-order valence-corrected chi connectivity index (χ2v) is 6.00. The number of halogens is 1. The first kappa shape index (κ1) is 13.7. The Hall–Kier alpha value is -1.99. The topological polar surface area (TPSA) is 61.5 Å². The molecule has 0 spiro atoms. The standard InChI is InChI=1S/C14H11ClN4O2S/c15-10-6-9(7-11-12(10)21-5-4-20-11)8-22-14-17-13-16-2-1-3-19(13)18-14/h1-3,6-7H,4-5,8H2. The van der Waals surface area contributed by atoms with E-state index in [0.29, 0.717) is 46.4 Å². The van der Waals surface area contributed by atoms with E-state index >= 15 is 0 Å². The highest BCUT2D eigenvalue weighted by Gasteiger charge is 2.17. The Morgan fingerprint density at radius 1 is 1.27 bits per heavy atom. The summed E-state index contributed by atoms with van der Waals surface area (Å²) in [6, 6.07) is 5.65. The van der Waals surface area contributed by atoms with Crippen LogP contribution in [0.3, 0.4) is 0 Å². The van der Waals surface area contributed by atoms with Gasteiger partial charge >= 0.3 is 0 Å². The molecule has 1 aromatic carbocycles. The summed E-state index contributed by atoms with van der Waals surface area (Å²) in [7, 11) is 0. The van der Waals surface area contributed by atoms with Gasteiger partial charge in [0, 0.05) is 18.1 Å². The van der Waals surface area contributed by atoms with Crippen molar-refractivity contribution in [3.63, 3.8) is 0 Å². The molecule has 112 valence electrons. The van der Waals surface area contributed by atoms with E-state index in [-0.39, 0.29) is 0 Å².